The average Bonchev–Trinajstić information content (AvgIpc) is 3.34. The predicted octanol–water partition coefficient (Wildman–Crippen LogP) is 4.71. The number of hydrogen-bond donors (Lipinski definition) is 2. The Morgan fingerprint density at radius 3 is 2.62 bits per heavy atom. The number of hydrogen-bond acceptors (Lipinski definition) is 6. The van der Waals surface area contributed by atoms with E-state index >= 15 is 4.39 Å². The van der Waals surface area contributed by atoms with E-state index in [2.05, 4.69) is 5.32 Å². The fourth-order valence-corrected chi connectivity index (χ4v) is 5.67. The zero-order valence-electron chi connectivity index (χ0n) is 21.9. The molecule has 3 heterocycles. The summed E-state index contributed by atoms with van der Waals surface area (Å²) in [5.74, 6) is -2.81. The van der Waals surface area contributed by atoms with Gasteiger partial charge in [0.25, 0.3) is 0 Å². The molecular formula is C28H31F2N2O6P. The SMILES string of the molecule is C[C@H]1OC[C@@H](Cn2c(C(C)(C)CO)cc3cc(NC(=O)C4(c5ccc6c(c5)OC(F)(P)O6)CC4)c(F)cc32)O1. The minimum atomic E-state index is -2.34. The van der Waals surface area contributed by atoms with Gasteiger partial charge in [-0.05, 0) is 58.8 Å². The number of aromatic nitrogens is 1. The Morgan fingerprint density at radius 1 is 1.21 bits per heavy atom. The van der Waals surface area contributed by atoms with Crippen LogP contribution in [-0.4, -0.2) is 47.0 Å². The van der Waals surface area contributed by atoms with E-state index < -0.39 is 22.4 Å². The Labute approximate surface area is 226 Å². The monoisotopic (exact) mass is 560 g/mol. The second kappa shape index (κ2) is 9.13. The minimum Gasteiger partial charge on any atom is -0.420 e. The van der Waals surface area contributed by atoms with Crippen molar-refractivity contribution in [2.24, 2.45) is 0 Å². The molecule has 0 radical (unpaired) electrons. The molecule has 2 aromatic carbocycles. The van der Waals surface area contributed by atoms with Crippen LogP contribution in [0.15, 0.2) is 36.4 Å². The number of aliphatic hydroxyl groups is 1. The van der Waals surface area contributed by atoms with Gasteiger partial charge in [-0.15, -0.1) is 0 Å². The molecule has 1 saturated carbocycles. The van der Waals surface area contributed by atoms with Crippen LogP contribution in [0.2, 0.25) is 0 Å². The highest BCUT2D eigenvalue weighted by Gasteiger charge is 2.52. The zero-order chi connectivity index (χ0) is 27.7. The Morgan fingerprint density at radius 2 is 1.95 bits per heavy atom. The first-order valence-corrected chi connectivity index (χ1v) is 13.5. The van der Waals surface area contributed by atoms with Crippen molar-refractivity contribution in [2.45, 2.75) is 69.2 Å². The van der Waals surface area contributed by atoms with Gasteiger partial charge in [0.05, 0.1) is 36.4 Å². The number of fused-ring (bicyclic) bond motifs is 2. The van der Waals surface area contributed by atoms with E-state index in [0.717, 1.165) is 11.1 Å². The molecule has 2 fully saturated rings. The van der Waals surface area contributed by atoms with Crippen LogP contribution in [0, 0.1) is 5.82 Å². The molecule has 1 aromatic heterocycles. The second-order valence-corrected chi connectivity index (χ2v) is 11.9. The summed E-state index contributed by atoms with van der Waals surface area (Å²) < 4.78 is 53.1. The number of aliphatic hydroxyl groups excluding tert-OH is 1. The Bertz CT molecular complexity index is 1470. The molecule has 0 bridgehead atoms. The van der Waals surface area contributed by atoms with Crippen molar-refractivity contribution in [1.29, 1.82) is 0 Å². The third kappa shape index (κ3) is 4.67. The maximum absolute atomic E-state index is 15.5. The van der Waals surface area contributed by atoms with Crippen molar-refractivity contribution in [3.63, 3.8) is 0 Å². The molecule has 11 heteroatoms. The maximum Gasteiger partial charge on any atom is 0.418 e. The number of carbonyl (C=O) groups excluding carboxylic acids is 1. The van der Waals surface area contributed by atoms with Crippen molar-refractivity contribution in [2.75, 3.05) is 18.5 Å². The van der Waals surface area contributed by atoms with Crippen molar-refractivity contribution < 1.29 is 37.6 Å². The molecule has 1 aliphatic carbocycles. The highest BCUT2D eigenvalue weighted by atomic mass is 31.0. The van der Waals surface area contributed by atoms with Gasteiger partial charge in [-0.3, -0.25) is 4.79 Å². The Hall–Kier alpha value is -2.78. The van der Waals surface area contributed by atoms with Crippen molar-refractivity contribution in [3.05, 3.63) is 53.5 Å². The summed E-state index contributed by atoms with van der Waals surface area (Å²) in [7, 11) is 1.85. The molecule has 2 unspecified atom stereocenters. The molecule has 3 aromatic rings. The average molecular weight is 561 g/mol. The van der Waals surface area contributed by atoms with Gasteiger partial charge in [-0.2, -0.15) is 4.39 Å². The molecule has 3 aliphatic rings. The molecular weight excluding hydrogens is 529 g/mol. The van der Waals surface area contributed by atoms with Gasteiger partial charge in [0, 0.05) is 22.6 Å². The summed E-state index contributed by atoms with van der Waals surface area (Å²) in [4.78, 5) is 13.5. The van der Waals surface area contributed by atoms with E-state index in [4.69, 9.17) is 18.9 Å². The number of nitrogens with zero attached hydrogens (tertiary/aromatic N) is 1. The van der Waals surface area contributed by atoms with Crippen molar-refractivity contribution in [3.8, 4) is 11.5 Å². The molecule has 208 valence electrons. The zero-order valence-corrected chi connectivity index (χ0v) is 23.1. The number of rotatable bonds is 7. The standard InChI is InChI=1S/C28H31F2N2O6P/c1-15-35-13-18(36-15)12-32-21-11-19(29)20(8-16(21)9-24(32)26(2,3)14-33)31-25(34)27(6-7-27)17-4-5-22-23(10-17)38-28(30,39)37-22/h4-5,8-11,15,18,33H,6-7,12-14,39H2,1-3H3,(H,31,34)/t15-,18+,28?/m0/s1. The van der Waals surface area contributed by atoms with Gasteiger partial charge >= 0.3 is 5.78 Å². The van der Waals surface area contributed by atoms with E-state index in [1.807, 2.05) is 40.6 Å². The quantitative estimate of drug-likeness (QED) is 0.407. The normalized spacial score (nSPS) is 25.3. The molecule has 1 amide bonds. The molecule has 39 heavy (non-hydrogen) atoms. The number of benzene rings is 2. The van der Waals surface area contributed by atoms with Gasteiger partial charge in [0.1, 0.15) is 11.9 Å². The van der Waals surface area contributed by atoms with Gasteiger partial charge < -0.3 is 33.9 Å². The predicted molar refractivity (Wildman–Crippen MR) is 143 cm³/mol. The van der Waals surface area contributed by atoms with Crippen molar-refractivity contribution >= 4 is 31.7 Å². The van der Waals surface area contributed by atoms with Crippen LogP contribution in [0.4, 0.5) is 14.5 Å². The highest BCUT2D eigenvalue weighted by Crippen LogP contribution is 2.53. The fraction of sp³-hybridized carbons (Fsp3) is 0.464. The summed E-state index contributed by atoms with van der Waals surface area (Å²) >= 11 is 0. The molecule has 2 N–H and O–H groups in total. The largest absolute Gasteiger partial charge is 0.420 e. The molecule has 4 atom stereocenters. The summed E-state index contributed by atoms with van der Waals surface area (Å²) in [6, 6.07) is 9.82. The molecule has 6 rings (SSSR count). The minimum absolute atomic E-state index is 0.0619. The van der Waals surface area contributed by atoms with E-state index in [1.165, 1.54) is 6.07 Å². The van der Waals surface area contributed by atoms with Crippen LogP contribution >= 0.6 is 9.24 Å². The first kappa shape index (κ1) is 26.4. The number of nitrogens with one attached hydrogen (secondary N) is 1. The molecule has 2 aliphatic heterocycles. The first-order chi connectivity index (χ1) is 18.4. The van der Waals surface area contributed by atoms with Gasteiger partial charge in [-0.25, -0.2) is 4.39 Å². The Kier molecular flexibility index (Phi) is 6.19. The van der Waals surface area contributed by atoms with Gasteiger partial charge in [-0.1, -0.05) is 19.9 Å². The maximum atomic E-state index is 15.5. The smallest absolute Gasteiger partial charge is 0.418 e. The Balaban J connectivity index is 1.30. The van der Waals surface area contributed by atoms with Gasteiger partial charge in [0.2, 0.25) is 5.91 Å². The second-order valence-electron chi connectivity index (χ2n) is 11.2. The lowest BCUT2D eigenvalue weighted by Crippen LogP contribution is -2.29. The lowest BCUT2D eigenvalue weighted by Gasteiger charge is -2.25. The third-order valence-electron chi connectivity index (χ3n) is 7.79. The number of alkyl halides is 1. The first-order valence-electron chi connectivity index (χ1n) is 12.9. The topological polar surface area (TPSA) is 91.2 Å². The number of anilines is 1. The number of carbonyl (C=O) groups is 1. The molecule has 0 spiro atoms. The van der Waals surface area contributed by atoms with Crippen LogP contribution in [0.1, 0.15) is 44.9 Å². The van der Waals surface area contributed by atoms with E-state index in [0.29, 0.717) is 37.1 Å². The number of ether oxygens (including phenoxy) is 4. The highest BCUT2D eigenvalue weighted by molar-refractivity contribution is 7.18. The van der Waals surface area contributed by atoms with Crippen LogP contribution in [0.3, 0.4) is 0 Å². The summed E-state index contributed by atoms with van der Waals surface area (Å²) in [6.07, 6.45) is 0.606. The van der Waals surface area contributed by atoms with E-state index in [-0.39, 0.29) is 42.1 Å². The van der Waals surface area contributed by atoms with Gasteiger partial charge in [0.15, 0.2) is 17.8 Å². The number of halogens is 2. The molecule has 8 nitrogen and oxygen atoms in total. The van der Waals surface area contributed by atoms with E-state index in [9.17, 15) is 14.3 Å². The van der Waals surface area contributed by atoms with Crippen LogP contribution < -0.4 is 14.8 Å². The number of amides is 1. The lowest BCUT2D eigenvalue weighted by molar-refractivity contribution is -0.118. The van der Waals surface area contributed by atoms with Crippen LogP contribution in [-0.2, 0) is 31.6 Å². The van der Waals surface area contributed by atoms with E-state index in [1.54, 1.807) is 24.3 Å². The lowest BCUT2D eigenvalue weighted by atomic mass is 9.90. The molecule has 1 saturated heterocycles. The van der Waals surface area contributed by atoms with Crippen LogP contribution in [0.5, 0.6) is 11.5 Å². The van der Waals surface area contributed by atoms with Crippen molar-refractivity contribution in [1.82, 2.24) is 4.57 Å². The summed E-state index contributed by atoms with van der Waals surface area (Å²) in [5.41, 5.74) is 0.700. The summed E-state index contributed by atoms with van der Waals surface area (Å²) in [5, 5.41) is 13.6. The van der Waals surface area contributed by atoms with Crippen LogP contribution in [0.25, 0.3) is 10.9 Å². The third-order valence-corrected chi connectivity index (χ3v) is 8.03. The summed E-state index contributed by atoms with van der Waals surface area (Å²) in [6.45, 7) is 6.40. The fourth-order valence-electron chi connectivity index (χ4n) is 5.41.